The molecule has 1 saturated heterocycles. The number of rotatable bonds is 3. The number of fused-ring (bicyclic) bond motifs is 5. The Labute approximate surface area is 225 Å². The van der Waals surface area contributed by atoms with Crippen LogP contribution < -0.4 is 15.4 Å². The Morgan fingerprint density at radius 1 is 1.21 bits per heavy atom. The van der Waals surface area contributed by atoms with E-state index in [1.54, 1.807) is 9.42 Å². The molecule has 11 nitrogen and oxygen atoms in total. The fourth-order valence-electron chi connectivity index (χ4n) is 5.31. The number of aromatic nitrogens is 4. The van der Waals surface area contributed by atoms with E-state index in [4.69, 9.17) is 4.74 Å². The molecule has 0 spiro atoms. The lowest BCUT2D eigenvalue weighted by Crippen LogP contribution is -2.46. The number of aryl methyl sites for hydroxylation is 2. The van der Waals surface area contributed by atoms with Gasteiger partial charge in [-0.05, 0) is 63.3 Å². The predicted octanol–water partition coefficient (Wildman–Crippen LogP) is 1.75. The number of carbonyl (C=O) groups excluding carboxylic acids is 3. The molecule has 0 saturated carbocycles. The largest absolute Gasteiger partial charge is 0.493 e. The van der Waals surface area contributed by atoms with Crippen LogP contribution in [0.25, 0.3) is 5.78 Å². The number of likely N-dealkylation sites (tertiary alicyclic amines) is 1. The molecule has 3 aromatic rings. The lowest BCUT2D eigenvalue weighted by Gasteiger charge is -2.27. The summed E-state index contributed by atoms with van der Waals surface area (Å²) in [5.41, 5.74) is 2.70. The zero-order valence-corrected chi connectivity index (χ0v) is 22.1. The predicted molar refractivity (Wildman–Crippen MR) is 139 cm³/mol. The van der Waals surface area contributed by atoms with E-state index in [9.17, 15) is 18.8 Å². The molecule has 0 radical (unpaired) electrons. The Morgan fingerprint density at radius 3 is 2.90 bits per heavy atom. The maximum absolute atomic E-state index is 14.0. The highest BCUT2D eigenvalue weighted by atomic mass is 19.1. The van der Waals surface area contributed by atoms with Gasteiger partial charge in [0, 0.05) is 43.5 Å². The smallest absolute Gasteiger partial charge is 0.255 e. The van der Waals surface area contributed by atoms with Crippen LogP contribution in [0.4, 0.5) is 4.39 Å². The van der Waals surface area contributed by atoms with Gasteiger partial charge < -0.3 is 20.3 Å². The summed E-state index contributed by atoms with van der Waals surface area (Å²) in [6, 6.07) is 3.43. The third-order valence-corrected chi connectivity index (χ3v) is 7.45. The first kappa shape index (κ1) is 26.5. The van der Waals surface area contributed by atoms with Crippen molar-refractivity contribution in [1.29, 1.82) is 0 Å². The number of hydrogen-bond acceptors (Lipinski definition) is 7. The van der Waals surface area contributed by atoms with E-state index in [1.807, 2.05) is 13.8 Å². The van der Waals surface area contributed by atoms with Gasteiger partial charge in [0.2, 0.25) is 11.8 Å². The van der Waals surface area contributed by atoms with Crippen molar-refractivity contribution in [3.63, 3.8) is 0 Å². The van der Waals surface area contributed by atoms with Crippen LogP contribution in [-0.4, -0.2) is 74.5 Å². The SMILES string of the molecule is Cc1nc2ncnn2c(C)c1CCC(=O)N1C[C@H]2CC[C@@H](C1)C(=O)NCCCOc1ccc(F)cc1C(=O)N2. The lowest BCUT2D eigenvalue weighted by molar-refractivity contribution is -0.133. The van der Waals surface area contributed by atoms with Gasteiger partial charge in [-0.1, -0.05) is 0 Å². The Morgan fingerprint density at radius 2 is 2.05 bits per heavy atom. The molecular formula is C27H32FN7O4. The maximum atomic E-state index is 14.0. The van der Waals surface area contributed by atoms with E-state index < -0.39 is 23.7 Å². The molecule has 12 heteroatoms. The normalized spacial score (nSPS) is 20.4. The molecule has 5 rings (SSSR count). The Hall–Kier alpha value is -4.09. The van der Waals surface area contributed by atoms with Crippen molar-refractivity contribution < 1.29 is 23.5 Å². The first-order valence-corrected chi connectivity index (χ1v) is 13.2. The first-order chi connectivity index (χ1) is 18.8. The number of benzene rings is 1. The van der Waals surface area contributed by atoms with Crippen molar-refractivity contribution in [1.82, 2.24) is 35.1 Å². The van der Waals surface area contributed by atoms with Crippen LogP contribution in [0.2, 0.25) is 0 Å². The van der Waals surface area contributed by atoms with Crippen LogP contribution in [-0.2, 0) is 16.0 Å². The number of halogens is 1. The zero-order chi connectivity index (χ0) is 27.5. The van der Waals surface area contributed by atoms with Gasteiger partial charge in [-0.3, -0.25) is 14.4 Å². The van der Waals surface area contributed by atoms with Crippen molar-refractivity contribution in [3.05, 3.63) is 52.9 Å². The number of hydrogen-bond donors (Lipinski definition) is 2. The molecule has 3 amide bonds. The summed E-state index contributed by atoms with van der Waals surface area (Å²) in [6.45, 7) is 4.97. The second-order valence-corrected chi connectivity index (χ2v) is 10.1. The van der Waals surface area contributed by atoms with Crippen LogP contribution in [0.3, 0.4) is 0 Å². The average Bonchev–Trinajstić information content (AvgIpc) is 3.27. The fourth-order valence-corrected chi connectivity index (χ4v) is 5.31. The number of carbonyl (C=O) groups is 3. The van der Waals surface area contributed by atoms with E-state index >= 15 is 0 Å². The highest BCUT2D eigenvalue weighted by Crippen LogP contribution is 2.24. The molecule has 2 atom stereocenters. The molecule has 1 aromatic carbocycles. The first-order valence-electron chi connectivity index (χ1n) is 13.2. The van der Waals surface area contributed by atoms with E-state index in [-0.39, 0.29) is 49.2 Å². The molecule has 0 aliphatic carbocycles. The van der Waals surface area contributed by atoms with Crippen LogP contribution in [0.1, 0.15) is 53.0 Å². The van der Waals surface area contributed by atoms with Gasteiger partial charge in [-0.2, -0.15) is 10.1 Å². The van der Waals surface area contributed by atoms with Gasteiger partial charge in [0.1, 0.15) is 17.9 Å². The fraction of sp³-hybridized carbons (Fsp3) is 0.481. The standard InChI is InChI=1S/C27H32FN7O4/c1-16-21(17(2)35-27(32-16)30-15-31-35)7-9-24(36)34-13-18-4-6-20(14-34)33-26(38)22-12-19(28)5-8-23(22)39-11-3-10-29-25(18)37/h5,8,12,15,18,20H,3-4,6-7,9-11,13-14H2,1-2H3,(H,29,37)(H,33,38)/t18-,20+/m0/s1. The van der Waals surface area contributed by atoms with E-state index in [0.717, 1.165) is 23.0 Å². The highest BCUT2D eigenvalue weighted by molar-refractivity contribution is 5.97. The molecule has 2 aromatic heterocycles. The average molecular weight is 538 g/mol. The number of nitrogens with one attached hydrogen (secondary N) is 2. The number of amides is 3. The molecule has 2 bridgehead atoms. The molecule has 4 heterocycles. The summed E-state index contributed by atoms with van der Waals surface area (Å²) in [5, 5.41) is 10.1. The second-order valence-electron chi connectivity index (χ2n) is 10.1. The summed E-state index contributed by atoms with van der Waals surface area (Å²) in [6.07, 6.45) is 3.64. The topological polar surface area (TPSA) is 131 Å². The van der Waals surface area contributed by atoms with Crippen molar-refractivity contribution in [3.8, 4) is 5.75 Å². The van der Waals surface area contributed by atoms with Gasteiger partial charge in [-0.15, -0.1) is 0 Å². The molecule has 206 valence electrons. The van der Waals surface area contributed by atoms with Gasteiger partial charge >= 0.3 is 0 Å². The highest BCUT2D eigenvalue weighted by Gasteiger charge is 2.32. The van der Waals surface area contributed by atoms with Crippen LogP contribution >= 0.6 is 0 Å². The molecule has 2 aliphatic rings. The van der Waals surface area contributed by atoms with E-state index in [2.05, 4.69) is 25.7 Å². The summed E-state index contributed by atoms with van der Waals surface area (Å²) >= 11 is 0. The quantitative estimate of drug-likeness (QED) is 0.521. The summed E-state index contributed by atoms with van der Waals surface area (Å²) < 4.78 is 21.4. The molecule has 0 unspecified atom stereocenters. The summed E-state index contributed by atoms with van der Waals surface area (Å²) in [5.74, 6) is -0.863. The molecule has 2 aliphatic heterocycles. The van der Waals surface area contributed by atoms with Gasteiger partial charge in [0.15, 0.2) is 0 Å². The van der Waals surface area contributed by atoms with E-state index in [1.165, 1.54) is 18.5 Å². The van der Waals surface area contributed by atoms with Crippen LogP contribution in [0, 0.1) is 25.6 Å². The van der Waals surface area contributed by atoms with E-state index in [0.29, 0.717) is 38.0 Å². The number of nitrogens with zero attached hydrogens (tertiary/aromatic N) is 5. The lowest BCUT2D eigenvalue weighted by atomic mass is 10.0. The van der Waals surface area contributed by atoms with Crippen molar-refractivity contribution in [2.24, 2.45) is 5.92 Å². The monoisotopic (exact) mass is 537 g/mol. The van der Waals surface area contributed by atoms with Crippen molar-refractivity contribution in [2.45, 2.75) is 52.0 Å². The summed E-state index contributed by atoms with van der Waals surface area (Å²) in [4.78, 5) is 50.0. The van der Waals surface area contributed by atoms with Crippen molar-refractivity contribution >= 4 is 23.5 Å². The molecule has 1 fully saturated rings. The third-order valence-electron chi connectivity index (χ3n) is 7.45. The molecular weight excluding hydrogens is 505 g/mol. The minimum Gasteiger partial charge on any atom is -0.493 e. The summed E-state index contributed by atoms with van der Waals surface area (Å²) in [7, 11) is 0. The van der Waals surface area contributed by atoms with Gasteiger partial charge in [-0.25, -0.2) is 13.9 Å². The minimum atomic E-state index is -0.539. The van der Waals surface area contributed by atoms with Gasteiger partial charge in [0.05, 0.1) is 18.1 Å². The van der Waals surface area contributed by atoms with Crippen LogP contribution in [0.15, 0.2) is 24.5 Å². The number of ether oxygens (including phenoxy) is 1. The van der Waals surface area contributed by atoms with Crippen molar-refractivity contribution in [2.75, 3.05) is 26.2 Å². The zero-order valence-electron chi connectivity index (χ0n) is 22.1. The third kappa shape index (κ3) is 5.84. The molecule has 2 N–H and O–H groups in total. The minimum absolute atomic E-state index is 0.108. The maximum Gasteiger partial charge on any atom is 0.255 e. The second kappa shape index (κ2) is 11.3. The van der Waals surface area contributed by atoms with Crippen LogP contribution in [0.5, 0.6) is 5.75 Å². The Balaban J connectivity index is 1.36. The Bertz CT molecular complexity index is 1410. The Kier molecular flexibility index (Phi) is 7.71. The van der Waals surface area contributed by atoms with Gasteiger partial charge in [0.25, 0.3) is 11.7 Å². The molecule has 39 heavy (non-hydrogen) atoms.